The molecule has 0 aliphatic heterocycles. The van der Waals surface area contributed by atoms with Gasteiger partial charge in [0.05, 0.1) is 12.6 Å². The third kappa shape index (κ3) is 5.56. The minimum Gasteiger partial charge on any atom is -0.393 e. The van der Waals surface area contributed by atoms with Gasteiger partial charge in [-0.3, -0.25) is 0 Å². The van der Waals surface area contributed by atoms with Gasteiger partial charge in [0.1, 0.15) is 0 Å². The first-order valence-corrected chi connectivity index (χ1v) is 2.24. The van der Waals surface area contributed by atoms with Gasteiger partial charge in [0.2, 0.25) is 0 Å². The SMILES string of the molecule is C[C@@H](O)CCN=O. The van der Waals surface area contributed by atoms with Crippen LogP contribution in [0.3, 0.4) is 0 Å². The van der Waals surface area contributed by atoms with E-state index in [1.807, 2.05) is 0 Å². The van der Waals surface area contributed by atoms with E-state index in [9.17, 15) is 4.91 Å². The molecule has 0 spiro atoms. The molecule has 1 atom stereocenters. The van der Waals surface area contributed by atoms with Gasteiger partial charge in [-0.05, 0) is 13.3 Å². The van der Waals surface area contributed by atoms with Crippen LogP contribution < -0.4 is 0 Å². The molecule has 1 N–H and O–H groups in total. The van der Waals surface area contributed by atoms with Crippen molar-refractivity contribution in [2.24, 2.45) is 5.18 Å². The standard InChI is InChI=1S/C4H9NO2/c1-4(6)2-3-5-7/h4,6H,2-3H2,1H3/t4-/m1/s1. The van der Waals surface area contributed by atoms with Crippen molar-refractivity contribution in [3.8, 4) is 0 Å². The molecule has 0 bridgehead atoms. The summed E-state index contributed by atoms with van der Waals surface area (Å²) in [4.78, 5) is 9.35. The summed E-state index contributed by atoms with van der Waals surface area (Å²) in [6.07, 6.45) is 0.0847. The van der Waals surface area contributed by atoms with Crippen LogP contribution in [0.15, 0.2) is 5.18 Å². The Morgan fingerprint density at radius 1 is 1.86 bits per heavy atom. The van der Waals surface area contributed by atoms with Gasteiger partial charge in [0, 0.05) is 0 Å². The molecule has 3 heteroatoms. The van der Waals surface area contributed by atoms with Gasteiger partial charge in [0.25, 0.3) is 0 Å². The monoisotopic (exact) mass is 103 g/mol. The Bertz CT molecular complexity index is 53.7. The molecule has 0 aromatic rings. The van der Waals surface area contributed by atoms with Crippen LogP contribution >= 0.6 is 0 Å². The van der Waals surface area contributed by atoms with Crippen LogP contribution in [0.25, 0.3) is 0 Å². The Morgan fingerprint density at radius 3 is 2.57 bits per heavy atom. The van der Waals surface area contributed by atoms with Gasteiger partial charge >= 0.3 is 0 Å². The van der Waals surface area contributed by atoms with Crippen LogP contribution in [0.2, 0.25) is 0 Å². The molecular weight excluding hydrogens is 94.0 g/mol. The molecular formula is C4H9NO2. The maximum Gasteiger partial charge on any atom is 0.0835 e. The van der Waals surface area contributed by atoms with Gasteiger partial charge in [-0.15, -0.1) is 0 Å². The first-order valence-electron chi connectivity index (χ1n) is 2.24. The Hall–Kier alpha value is -0.440. The second-order valence-electron chi connectivity index (χ2n) is 1.49. The Labute approximate surface area is 42.3 Å². The summed E-state index contributed by atoms with van der Waals surface area (Å²) in [7, 11) is 0. The highest BCUT2D eigenvalue weighted by Crippen LogP contribution is 1.87. The van der Waals surface area contributed by atoms with Crippen LogP contribution in [0.4, 0.5) is 0 Å². The van der Waals surface area contributed by atoms with Gasteiger partial charge < -0.3 is 5.11 Å². The fourth-order valence-electron chi connectivity index (χ4n) is 0.240. The fourth-order valence-corrected chi connectivity index (χ4v) is 0.240. The van der Waals surface area contributed by atoms with Crippen molar-refractivity contribution in [3.63, 3.8) is 0 Å². The number of aliphatic hydroxyl groups excluding tert-OH is 1. The first-order chi connectivity index (χ1) is 3.27. The summed E-state index contributed by atoms with van der Waals surface area (Å²) < 4.78 is 0. The first kappa shape index (κ1) is 6.56. The zero-order chi connectivity index (χ0) is 5.70. The smallest absolute Gasteiger partial charge is 0.0835 e. The number of aliphatic hydroxyl groups is 1. The van der Waals surface area contributed by atoms with Crippen molar-refractivity contribution in [2.75, 3.05) is 6.54 Å². The molecule has 0 aliphatic carbocycles. The summed E-state index contributed by atoms with van der Waals surface area (Å²) in [5, 5.41) is 11.1. The predicted molar refractivity (Wildman–Crippen MR) is 27.0 cm³/mol. The van der Waals surface area contributed by atoms with E-state index in [4.69, 9.17) is 5.11 Å². The molecule has 7 heavy (non-hydrogen) atoms. The van der Waals surface area contributed by atoms with Crippen molar-refractivity contribution >= 4 is 0 Å². The molecule has 0 unspecified atom stereocenters. The number of hydrogen-bond donors (Lipinski definition) is 1. The maximum atomic E-state index is 9.35. The van der Waals surface area contributed by atoms with Crippen LogP contribution in [0, 0.1) is 4.91 Å². The Balaban J connectivity index is 2.81. The average Bonchev–Trinajstić information content (AvgIpc) is 1.61. The van der Waals surface area contributed by atoms with E-state index in [1.54, 1.807) is 6.92 Å². The van der Waals surface area contributed by atoms with E-state index in [0.717, 1.165) is 0 Å². The number of hydrogen-bond acceptors (Lipinski definition) is 3. The topological polar surface area (TPSA) is 49.7 Å². The average molecular weight is 103 g/mol. The second kappa shape index (κ2) is 3.74. The molecule has 0 heterocycles. The third-order valence-corrected chi connectivity index (χ3v) is 0.638. The molecule has 0 amide bonds. The normalized spacial score (nSPS) is 13.4. The van der Waals surface area contributed by atoms with Crippen molar-refractivity contribution < 1.29 is 5.11 Å². The van der Waals surface area contributed by atoms with Crippen LogP contribution in [-0.2, 0) is 0 Å². The summed E-state index contributed by atoms with van der Waals surface area (Å²) in [5.41, 5.74) is 0. The van der Waals surface area contributed by atoms with Gasteiger partial charge in [-0.25, -0.2) is 0 Å². The molecule has 3 nitrogen and oxygen atoms in total. The summed E-state index contributed by atoms with van der Waals surface area (Å²) in [6, 6.07) is 0. The second-order valence-corrected chi connectivity index (χ2v) is 1.49. The lowest BCUT2D eigenvalue weighted by atomic mass is 10.3. The number of rotatable bonds is 3. The summed E-state index contributed by atoms with van der Waals surface area (Å²) in [6.45, 7) is 1.85. The molecule has 0 saturated heterocycles. The Morgan fingerprint density at radius 2 is 2.43 bits per heavy atom. The minimum atomic E-state index is -0.391. The maximum absolute atomic E-state index is 9.35. The zero-order valence-electron chi connectivity index (χ0n) is 4.29. The highest BCUT2D eigenvalue weighted by Gasteiger charge is 1.91. The molecule has 42 valence electrons. The molecule has 0 radical (unpaired) electrons. The zero-order valence-corrected chi connectivity index (χ0v) is 4.29. The van der Waals surface area contributed by atoms with E-state index in [1.165, 1.54) is 0 Å². The van der Waals surface area contributed by atoms with Crippen molar-refractivity contribution in [1.82, 2.24) is 0 Å². The molecule has 0 fully saturated rings. The number of nitrogens with zero attached hydrogens (tertiary/aromatic N) is 1. The van der Waals surface area contributed by atoms with Crippen molar-refractivity contribution in [1.29, 1.82) is 0 Å². The highest BCUT2D eigenvalue weighted by atomic mass is 16.3. The van der Waals surface area contributed by atoms with E-state index < -0.39 is 6.10 Å². The predicted octanol–water partition coefficient (Wildman–Crippen LogP) is 0.524. The van der Waals surface area contributed by atoms with Crippen LogP contribution in [0.1, 0.15) is 13.3 Å². The van der Waals surface area contributed by atoms with Crippen LogP contribution in [0.5, 0.6) is 0 Å². The molecule has 0 saturated carbocycles. The van der Waals surface area contributed by atoms with E-state index in [0.29, 0.717) is 6.42 Å². The van der Waals surface area contributed by atoms with E-state index >= 15 is 0 Å². The lowest BCUT2D eigenvalue weighted by Gasteiger charge is -1.94. The Kier molecular flexibility index (Phi) is 3.50. The lowest BCUT2D eigenvalue weighted by molar-refractivity contribution is 0.187. The molecule has 0 aliphatic rings. The van der Waals surface area contributed by atoms with E-state index in [2.05, 4.69) is 5.18 Å². The number of nitroso groups, excluding NO2 is 1. The molecule has 0 rings (SSSR count). The quantitative estimate of drug-likeness (QED) is 0.529. The lowest BCUT2D eigenvalue weighted by Crippen LogP contribution is -1.99. The molecule has 0 aromatic carbocycles. The minimum absolute atomic E-state index is 0.220. The van der Waals surface area contributed by atoms with Gasteiger partial charge in [-0.1, -0.05) is 5.18 Å². The summed E-state index contributed by atoms with van der Waals surface area (Å²) in [5.74, 6) is 0. The van der Waals surface area contributed by atoms with Gasteiger partial charge in [0.15, 0.2) is 0 Å². The van der Waals surface area contributed by atoms with Gasteiger partial charge in [-0.2, -0.15) is 4.91 Å². The van der Waals surface area contributed by atoms with Crippen molar-refractivity contribution in [3.05, 3.63) is 4.91 Å². The highest BCUT2D eigenvalue weighted by molar-refractivity contribution is 4.47. The van der Waals surface area contributed by atoms with Crippen LogP contribution in [-0.4, -0.2) is 17.8 Å². The fraction of sp³-hybridized carbons (Fsp3) is 1.00. The van der Waals surface area contributed by atoms with Crippen molar-refractivity contribution in [2.45, 2.75) is 19.4 Å². The third-order valence-electron chi connectivity index (χ3n) is 0.638. The largest absolute Gasteiger partial charge is 0.393 e. The van der Waals surface area contributed by atoms with E-state index in [-0.39, 0.29) is 6.54 Å². The molecule has 0 aromatic heterocycles. The summed E-state index contributed by atoms with van der Waals surface area (Å²) >= 11 is 0.